The van der Waals surface area contributed by atoms with Crippen molar-refractivity contribution in [2.75, 3.05) is 5.32 Å². The normalized spacial score (nSPS) is 10.8. The summed E-state index contributed by atoms with van der Waals surface area (Å²) in [7, 11) is 0. The Morgan fingerprint density at radius 2 is 2.00 bits per heavy atom. The van der Waals surface area contributed by atoms with Gasteiger partial charge < -0.3 is 15.6 Å². The minimum Gasteiger partial charge on any atom is -0.332 e. The van der Waals surface area contributed by atoms with Gasteiger partial charge in [0.2, 0.25) is 5.56 Å². The summed E-state index contributed by atoms with van der Waals surface area (Å²) in [5.41, 5.74) is 3.64. The first-order valence-corrected chi connectivity index (χ1v) is 9.84. The molecule has 0 spiro atoms. The van der Waals surface area contributed by atoms with Crippen molar-refractivity contribution < 1.29 is 4.79 Å². The number of hydrogen-bond donors (Lipinski definition) is 3. The van der Waals surface area contributed by atoms with Crippen molar-refractivity contribution in [3.8, 4) is 0 Å². The van der Waals surface area contributed by atoms with Crippen LogP contribution in [0.2, 0.25) is 0 Å². The summed E-state index contributed by atoms with van der Waals surface area (Å²) in [6, 6.07) is 16.1. The van der Waals surface area contributed by atoms with E-state index in [9.17, 15) is 9.59 Å². The number of H-pyrrole nitrogens is 1. The lowest BCUT2D eigenvalue weighted by Gasteiger charge is -2.07. The van der Waals surface area contributed by atoms with Gasteiger partial charge in [-0.15, -0.1) is 16.7 Å². The van der Waals surface area contributed by atoms with Gasteiger partial charge in [-0.3, -0.25) is 4.79 Å². The van der Waals surface area contributed by atoms with E-state index in [1.807, 2.05) is 42.5 Å². The standard InChI is InChI=1S/C21H19ClN6O2/c22-10-14-4-3-5-16(8-14)24-21(30)23-11-17-13-28(27-26-17)12-15-9-20(29)25-19-7-2-1-6-18(15)19/h1-9,13H,10-12H2,(H,25,29)(H2,23,24,30). The Labute approximate surface area is 176 Å². The summed E-state index contributed by atoms with van der Waals surface area (Å²) < 4.78 is 1.64. The van der Waals surface area contributed by atoms with Crippen molar-refractivity contribution in [2.45, 2.75) is 19.0 Å². The largest absolute Gasteiger partial charge is 0.332 e. The van der Waals surface area contributed by atoms with E-state index in [4.69, 9.17) is 11.6 Å². The Bertz CT molecular complexity index is 1250. The number of nitrogens with one attached hydrogen (secondary N) is 3. The van der Waals surface area contributed by atoms with Crippen LogP contribution >= 0.6 is 11.6 Å². The van der Waals surface area contributed by atoms with Gasteiger partial charge in [-0.2, -0.15) is 0 Å². The number of carbonyl (C=O) groups excluding carboxylic acids is 1. The van der Waals surface area contributed by atoms with Gasteiger partial charge in [-0.1, -0.05) is 35.5 Å². The third-order valence-electron chi connectivity index (χ3n) is 4.52. The molecule has 2 heterocycles. The van der Waals surface area contributed by atoms with Gasteiger partial charge >= 0.3 is 6.03 Å². The minimum atomic E-state index is -0.350. The summed E-state index contributed by atoms with van der Waals surface area (Å²) in [4.78, 5) is 26.8. The number of hydrogen-bond acceptors (Lipinski definition) is 4. The number of fused-ring (bicyclic) bond motifs is 1. The van der Waals surface area contributed by atoms with E-state index < -0.39 is 0 Å². The summed E-state index contributed by atoms with van der Waals surface area (Å²) in [6.45, 7) is 0.617. The first-order valence-electron chi connectivity index (χ1n) is 9.30. The van der Waals surface area contributed by atoms with Gasteiger partial charge in [0, 0.05) is 28.5 Å². The highest BCUT2D eigenvalue weighted by Crippen LogP contribution is 2.15. The Balaban J connectivity index is 1.39. The molecule has 0 aliphatic heterocycles. The fraction of sp³-hybridized carbons (Fsp3) is 0.143. The molecule has 4 aromatic rings. The van der Waals surface area contributed by atoms with Crippen LogP contribution in [-0.4, -0.2) is 26.0 Å². The number of urea groups is 1. The second-order valence-electron chi connectivity index (χ2n) is 6.75. The highest BCUT2D eigenvalue weighted by atomic mass is 35.5. The predicted molar refractivity (Wildman–Crippen MR) is 116 cm³/mol. The summed E-state index contributed by atoms with van der Waals surface area (Å²) in [6.07, 6.45) is 1.74. The van der Waals surface area contributed by atoms with Crippen molar-refractivity contribution in [2.24, 2.45) is 0 Å². The molecule has 4 rings (SSSR count). The van der Waals surface area contributed by atoms with Gasteiger partial charge in [0.05, 0.1) is 19.3 Å². The monoisotopic (exact) mass is 422 g/mol. The molecule has 0 fully saturated rings. The van der Waals surface area contributed by atoms with Crippen molar-refractivity contribution >= 4 is 34.2 Å². The second-order valence-corrected chi connectivity index (χ2v) is 7.02. The summed E-state index contributed by atoms with van der Waals surface area (Å²) >= 11 is 5.81. The number of pyridine rings is 1. The van der Waals surface area contributed by atoms with Crippen molar-refractivity contribution in [3.63, 3.8) is 0 Å². The first-order chi connectivity index (χ1) is 14.6. The van der Waals surface area contributed by atoms with Crippen LogP contribution in [0.5, 0.6) is 0 Å². The highest BCUT2D eigenvalue weighted by Gasteiger charge is 2.08. The smallest absolute Gasteiger partial charge is 0.319 e. The zero-order valence-corrected chi connectivity index (χ0v) is 16.7. The SMILES string of the molecule is O=C(NCc1cn(Cc2cc(=O)[nH]c3ccccc23)nn1)Nc1cccc(CCl)c1. The lowest BCUT2D eigenvalue weighted by molar-refractivity contribution is 0.251. The predicted octanol–water partition coefficient (Wildman–Crippen LogP) is 3.23. The van der Waals surface area contributed by atoms with E-state index in [1.54, 1.807) is 23.0 Å². The number of amides is 2. The number of benzene rings is 2. The molecule has 2 aromatic heterocycles. The molecular weight excluding hydrogens is 404 g/mol. The molecule has 2 aromatic carbocycles. The van der Waals surface area contributed by atoms with Crippen LogP contribution in [-0.2, 0) is 19.0 Å². The Morgan fingerprint density at radius 1 is 1.13 bits per heavy atom. The van der Waals surface area contributed by atoms with Gasteiger partial charge in [-0.25, -0.2) is 9.48 Å². The fourth-order valence-electron chi connectivity index (χ4n) is 3.16. The average molecular weight is 423 g/mol. The lowest BCUT2D eigenvalue weighted by Crippen LogP contribution is -2.28. The van der Waals surface area contributed by atoms with Crippen LogP contribution in [0.15, 0.2) is 65.6 Å². The van der Waals surface area contributed by atoms with Gasteiger partial charge in [0.25, 0.3) is 0 Å². The number of alkyl halides is 1. The molecule has 8 nitrogen and oxygen atoms in total. The van der Waals surface area contributed by atoms with Crippen molar-refractivity contribution in [1.29, 1.82) is 0 Å². The molecule has 2 amide bonds. The average Bonchev–Trinajstić information content (AvgIpc) is 3.19. The molecule has 152 valence electrons. The molecule has 9 heteroatoms. The molecule has 0 radical (unpaired) electrons. The van der Waals surface area contributed by atoms with Crippen LogP contribution < -0.4 is 16.2 Å². The maximum absolute atomic E-state index is 12.1. The first kappa shape index (κ1) is 19.7. The Morgan fingerprint density at radius 3 is 2.87 bits per heavy atom. The van der Waals surface area contributed by atoms with E-state index >= 15 is 0 Å². The second kappa shape index (κ2) is 8.79. The van der Waals surface area contributed by atoms with Gasteiger partial charge in [-0.05, 0) is 29.3 Å². The third kappa shape index (κ3) is 4.66. The number of aromatic nitrogens is 4. The number of carbonyl (C=O) groups is 1. The Kier molecular flexibility index (Phi) is 5.76. The van der Waals surface area contributed by atoms with E-state index in [-0.39, 0.29) is 18.1 Å². The fourth-order valence-corrected chi connectivity index (χ4v) is 3.32. The molecular formula is C21H19ClN6O2. The summed E-state index contributed by atoms with van der Waals surface area (Å²) in [5, 5.41) is 14.6. The molecule has 3 N–H and O–H groups in total. The van der Waals surface area contributed by atoms with Crippen LogP contribution in [0, 0.1) is 0 Å². The highest BCUT2D eigenvalue weighted by molar-refractivity contribution is 6.17. The maximum Gasteiger partial charge on any atom is 0.319 e. The number of rotatable bonds is 6. The van der Waals surface area contributed by atoms with Crippen molar-refractivity contribution in [1.82, 2.24) is 25.3 Å². The van der Waals surface area contributed by atoms with Crippen LogP contribution in [0.25, 0.3) is 10.9 Å². The van der Waals surface area contributed by atoms with Gasteiger partial charge in [0.15, 0.2) is 0 Å². The van der Waals surface area contributed by atoms with Gasteiger partial charge in [0.1, 0.15) is 5.69 Å². The molecule has 30 heavy (non-hydrogen) atoms. The molecule has 0 saturated carbocycles. The molecule has 0 bridgehead atoms. The summed E-state index contributed by atoms with van der Waals surface area (Å²) in [5.74, 6) is 0.378. The van der Waals surface area contributed by atoms with Crippen LogP contribution in [0.3, 0.4) is 0 Å². The molecule has 0 aliphatic carbocycles. The molecule has 0 aliphatic rings. The molecule has 0 atom stereocenters. The quantitative estimate of drug-likeness (QED) is 0.415. The van der Waals surface area contributed by atoms with E-state index in [0.717, 1.165) is 22.0 Å². The van der Waals surface area contributed by atoms with Crippen LogP contribution in [0.4, 0.5) is 10.5 Å². The zero-order valence-electron chi connectivity index (χ0n) is 15.9. The van der Waals surface area contributed by atoms with E-state index in [2.05, 4.69) is 25.9 Å². The number of anilines is 1. The van der Waals surface area contributed by atoms with Crippen LogP contribution in [0.1, 0.15) is 16.8 Å². The van der Waals surface area contributed by atoms with E-state index in [0.29, 0.717) is 23.8 Å². The van der Waals surface area contributed by atoms with E-state index in [1.165, 1.54) is 0 Å². The number of halogens is 1. The topological polar surface area (TPSA) is 105 Å². The minimum absolute atomic E-state index is 0.166. The third-order valence-corrected chi connectivity index (χ3v) is 4.83. The zero-order chi connectivity index (χ0) is 20.9. The lowest BCUT2D eigenvalue weighted by atomic mass is 10.1. The van der Waals surface area contributed by atoms with Crippen molar-refractivity contribution in [3.05, 3.63) is 88.0 Å². The molecule has 0 unspecified atom stereocenters. The number of nitrogens with zero attached hydrogens (tertiary/aromatic N) is 3. The number of aromatic amines is 1. The Hall–Kier alpha value is -3.65. The maximum atomic E-state index is 12.1. The molecule has 0 saturated heterocycles. The number of para-hydroxylation sites is 1.